The molecule has 2 rings (SSSR count). The lowest BCUT2D eigenvalue weighted by molar-refractivity contribution is 0.546. The van der Waals surface area contributed by atoms with E-state index < -0.39 is 0 Å². The zero-order valence-corrected chi connectivity index (χ0v) is 13.7. The number of aromatic nitrogens is 2. The second kappa shape index (κ2) is 5.58. The van der Waals surface area contributed by atoms with Gasteiger partial charge in [-0.3, -0.25) is 0 Å². The van der Waals surface area contributed by atoms with Gasteiger partial charge in [-0.1, -0.05) is 27.7 Å². The Balaban J connectivity index is 2.25. The molecule has 1 heterocycles. The van der Waals surface area contributed by atoms with Crippen LogP contribution in [0.2, 0.25) is 0 Å². The highest BCUT2D eigenvalue weighted by Gasteiger charge is 2.32. The Morgan fingerprint density at radius 2 is 1.70 bits per heavy atom. The summed E-state index contributed by atoms with van der Waals surface area (Å²) >= 11 is 0. The first kappa shape index (κ1) is 15.1. The molecule has 2 atom stereocenters. The Labute approximate surface area is 122 Å². The van der Waals surface area contributed by atoms with Crippen molar-refractivity contribution in [3.05, 3.63) is 11.4 Å². The molecule has 1 aliphatic rings. The van der Waals surface area contributed by atoms with Crippen molar-refractivity contribution in [2.75, 3.05) is 23.7 Å². The molecule has 2 N–H and O–H groups in total. The zero-order chi connectivity index (χ0) is 14.9. The molecule has 1 saturated carbocycles. The first-order valence-electron chi connectivity index (χ1n) is 7.69. The Morgan fingerprint density at radius 1 is 1.15 bits per heavy atom. The third-order valence-electron chi connectivity index (χ3n) is 3.97. The average molecular weight is 276 g/mol. The number of anilines is 2. The fraction of sp³-hybridized carbons (Fsp3) is 0.750. The molecule has 4 nitrogen and oxygen atoms in total. The molecule has 112 valence electrons. The molecule has 1 aromatic rings. The highest BCUT2D eigenvalue weighted by molar-refractivity contribution is 5.57. The predicted molar refractivity (Wildman–Crippen MR) is 85.4 cm³/mol. The number of nitrogens with zero attached hydrogens (tertiary/aromatic N) is 2. The van der Waals surface area contributed by atoms with Crippen molar-refractivity contribution in [3.8, 4) is 0 Å². The molecule has 0 radical (unpaired) electrons. The van der Waals surface area contributed by atoms with E-state index in [1.807, 2.05) is 0 Å². The lowest BCUT2D eigenvalue weighted by atomic mass is 9.95. The van der Waals surface area contributed by atoms with Crippen LogP contribution in [0.25, 0.3) is 0 Å². The quantitative estimate of drug-likeness (QED) is 0.863. The molecule has 0 bridgehead atoms. The van der Waals surface area contributed by atoms with E-state index in [2.05, 4.69) is 57.2 Å². The van der Waals surface area contributed by atoms with Gasteiger partial charge in [0.25, 0.3) is 0 Å². The van der Waals surface area contributed by atoms with Crippen molar-refractivity contribution in [2.24, 2.45) is 11.8 Å². The number of hydrogen-bond acceptors (Lipinski definition) is 4. The Hall–Kier alpha value is -1.32. The number of nitrogens with one attached hydrogen (secondary N) is 2. The molecule has 20 heavy (non-hydrogen) atoms. The van der Waals surface area contributed by atoms with Crippen molar-refractivity contribution in [2.45, 2.75) is 53.4 Å². The second-order valence-electron chi connectivity index (χ2n) is 7.00. The van der Waals surface area contributed by atoms with Crippen molar-refractivity contribution in [1.82, 2.24) is 9.97 Å². The van der Waals surface area contributed by atoms with E-state index in [9.17, 15) is 0 Å². The Bertz CT molecular complexity index is 476. The van der Waals surface area contributed by atoms with Crippen LogP contribution >= 0.6 is 0 Å². The van der Waals surface area contributed by atoms with Gasteiger partial charge in [-0.05, 0) is 32.1 Å². The van der Waals surface area contributed by atoms with Gasteiger partial charge in [0.05, 0.1) is 0 Å². The first-order chi connectivity index (χ1) is 9.32. The standard InChI is InChI=1S/C16H28N4/c1-7-17-13-11(3)14(18-9-12-8-10(12)2)20-15(19-13)16(4,5)6/h10,12H,7-9H2,1-6H3,(H2,17,18,19,20). The van der Waals surface area contributed by atoms with Gasteiger partial charge in [-0.15, -0.1) is 0 Å². The summed E-state index contributed by atoms with van der Waals surface area (Å²) in [7, 11) is 0. The van der Waals surface area contributed by atoms with Crippen LogP contribution in [-0.4, -0.2) is 23.1 Å². The summed E-state index contributed by atoms with van der Waals surface area (Å²) in [6, 6.07) is 0. The topological polar surface area (TPSA) is 49.8 Å². The summed E-state index contributed by atoms with van der Waals surface area (Å²) in [5, 5.41) is 6.88. The molecule has 0 aliphatic heterocycles. The third-order valence-corrected chi connectivity index (χ3v) is 3.97. The van der Waals surface area contributed by atoms with Crippen LogP contribution in [0.5, 0.6) is 0 Å². The van der Waals surface area contributed by atoms with E-state index in [1.54, 1.807) is 0 Å². The van der Waals surface area contributed by atoms with Gasteiger partial charge in [0.15, 0.2) is 0 Å². The molecule has 1 aliphatic carbocycles. The molecular formula is C16H28N4. The maximum atomic E-state index is 4.75. The molecule has 1 aromatic heterocycles. The average Bonchev–Trinajstić information content (AvgIpc) is 3.05. The second-order valence-corrected chi connectivity index (χ2v) is 7.00. The minimum absolute atomic E-state index is 0.0405. The summed E-state index contributed by atoms with van der Waals surface area (Å²) in [5.74, 6) is 4.51. The van der Waals surface area contributed by atoms with E-state index in [0.717, 1.165) is 47.9 Å². The van der Waals surface area contributed by atoms with Crippen LogP contribution in [0, 0.1) is 18.8 Å². The fourth-order valence-corrected chi connectivity index (χ4v) is 2.27. The van der Waals surface area contributed by atoms with Crippen LogP contribution in [0.3, 0.4) is 0 Å². The normalized spacial score (nSPS) is 21.7. The van der Waals surface area contributed by atoms with Crippen molar-refractivity contribution >= 4 is 11.6 Å². The largest absolute Gasteiger partial charge is 0.370 e. The van der Waals surface area contributed by atoms with Crippen LogP contribution in [-0.2, 0) is 5.41 Å². The molecule has 0 saturated heterocycles. The van der Waals surface area contributed by atoms with E-state index in [-0.39, 0.29) is 5.41 Å². The van der Waals surface area contributed by atoms with E-state index in [0.29, 0.717) is 0 Å². The van der Waals surface area contributed by atoms with Crippen LogP contribution < -0.4 is 10.6 Å². The third kappa shape index (κ3) is 3.41. The van der Waals surface area contributed by atoms with Gasteiger partial charge < -0.3 is 10.6 Å². The first-order valence-corrected chi connectivity index (χ1v) is 7.69. The van der Waals surface area contributed by atoms with Gasteiger partial charge in [0.2, 0.25) is 0 Å². The van der Waals surface area contributed by atoms with Crippen LogP contribution in [0.15, 0.2) is 0 Å². The Morgan fingerprint density at radius 3 is 2.15 bits per heavy atom. The van der Waals surface area contributed by atoms with Gasteiger partial charge in [-0.25, -0.2) is 9.97 Å². The smallest absolute Gasteiger partial charge is 0.138 e. The highest BCUT2D eigenvalue weighted by atomic mass is 15.1. The molecule has 1 fully saturated rings. The highest BCUT2D eigenvalue weighted by Crippen LogP contribution is 2.38. The van der Waals surface area contributed by atoms with Crippen molar-refractivity contribution in [1.29, 1.82) is 0 Å². The van der Waals surface area contributed by atoms with Gasteiger partial charge in [0, 0.05) is 24.1 Å². The summed E-state index contributed by atoms with van der Waals surface area (Å²) in [6.45, 7) is 14.8. The lowest BCUT2D eigenvalue weighted by Crippen LogP contribution is -2.20. The summed E-state index contributed by atoms with van der Waals surface area (Å²) in [6.07, 6.45) is 1.34. The monoisotopic (exact) mass is 276 g/mol. The molecular weight excluding hydrogens is 248 g/mol. The minimum atomic E-state index is -0.0405. The predicted octanol–water partition coefficient (Wildman–Crippen LogP) is 3.58. The van der Waals surface area contributed by atoms with Crippen molar-refractivity contribution < 1.29 is 0 Å². The molecule has 2 unspecified atom stereocenters. The summed E-state index contributed by atoms with van der Waals surface area (Å²) in [4.78, 5) is 9.44. The fourth-order valence-electron chi connectivity index (χ4n) is 2.27. The number of hydrogen-bond donors (Lipinski definition) is 2. The summed E-state index contributed by atoms with van der Waals surface area (Å²) < 4.78 is 0. The zero-order valence-electron chi connectivity index (χ0n) is 13.7. The molecule has 4 heteroatoms. The van der Waals surface area contributed by atoms with Crippen molar-refractivity contribution in [3.63, 3.8) is 0 Å². The lowest BCUT2D eigenvalue weighted by Gasteiger charge is -2.21. The summed E-state index contributed by atoms with van der Waals surface area (Å²) in [5.41, 5.74) is 1.08. The molecule has 0 amide bonds. The van der Waals surface area contributed by atoms with E-state index in [1.165, 1.54) is 6.42 Å². The van der Waals surface area contributed by atoms with Gasteiger partial charge >= 0.3 is 0 Å². The van der Waals surface area contributed by atoms with Crippen LogP contribution in [0.1, 0.15) is 52.4 Å². The van der Waals surface area contributed by atoms with E-state index in [4.69, 9.17) is 4.98 Å². The molecule has 0 spiro atoms. The maximum Gasteiger partial charge on any atom is 0.138 e. The van der Waals surface area contributed by atoms with Gasteiger partial charge in [-0.2, -0.15) is 0 Å². The SMILES string of the molecule is CCNc1nc(C(C)(C)C)nc(NCC2CC2C)c1C. The number of rotatable bonds is 5. The van der Waals surface area contributed by atoms with Crippen LogP contribution in [0.4, 0.5) is 11.6 Å². The molecule has 0 aromatic carbocycles. The maximum absolute atomic E-state index is 4.75. The van der Waals surface area contributed by atoms with E-state index >= 15 is 0 Å². The Kier molecular flexibility index (Phi) is 4.21. The minimum Gasteiger partial charge on any atom is -0.370 e. The van der Waals surface area contributed by atoms with Gasteiger partial charge in [0.1, 0.15) is 17.5 Å².